The number of carbonyl (C=O) groups is 2. The third kappa shape index (κ3) is 32.2. The van der Waals surface area contributed by atoms with E-state index >= 15 is 0 Å². The topological polar surface area (TPSA) is 147 Å². The molecular weight excluding hydrogens is 705 g/mol. The zero-order valence-electron chi connectivity index (χ0n) is 33.9. The highest BCUT2D eigenvalue weighted by Crippen LogP contribution is 2.43. The highest BCUT2D eigenvalue weighted by Gasteiger charge is 2.36. The number of phosphoric ester groups is 1. The molecule has 4 atom stereocenters. The molecule has 1 aliphatic rings. The number of phosphoric acid groups is 1. The van der Waals surface area contributed by atoms with Crippen LogP contribution in [0.15, 0.2) is 48.6 Å². The molecule has 0 aromatic heterocycles. The number of hydrogen-bond donors (Lipinski definition) is 2. The van der Waals surface area contributed by atoms with Gasteiger partial charge in [0.15, 0.2) is 6.10 Å². The van der Waals surface area contributed by atoms with E-state index in [2.05, 4.69) is 56.4 Å². The lowest BCUT2D eigenvalue weighted by molar-refractivity contribution is -0.161. The van der Waals surface area contributed by atoms with Gasteiger partial charge in [0, 0.05) is 19.4 Å². The first kappa shape index (κ1) is 49.9. The van der Waals surface area contributed by atoms with E-state index in [0.29, 0.717) is 31.5 Å². The van der Waals surface area contributed by atoms with E-state index < -0.39 is 32.5 Å². The Labute approximate surface area is 328 Å². The normalized spacial score (nSPS) is 17.6. The summed E-state index contributed by atoms with van der Waals surface area (Å²) >= 11 is 0. The lowest BCUT2D eigenvalue weighted by Gasteiger charge is -2.19. The van der Waals surface area contributed by atoms with Crippen molar-refractivity contribution < 1.29 is 42.3 Å². The molecule has 0 radical (unpaired) electrons. The Bertz CT molecular complexity index is 1090. The lowest BCUT2D eigenvalue weighted by Crippen LogP contribution is -2.29. The molecule has 54 heavy (non-hydrogen) atoms. The molecule has 0 aromatic carbocycles. The number of allylic oxidation sites excluding steroid dienone is 6. The molecule has 4 unspecified atom stereocenters. The van der Waals surface area contributed by atoms with Gasteiger partial charge in [-0.25, -0.2) is 4.57 Å². The summed E-state index contributed by atoms with van der Waals surface area (Å²) in [4.78, 5) is 34.8. The van der Waals surface area contributed by atoms with Crippen molar-refractivity contribution >= 4 is 19.8 Å². The van der Waals surface area contributed by atoms with E-state index in [1.165, 1.54) is 64.2 Å². The average Bonchev–Trinajstić information content (AvgIpc) is 3.91. The molecule has 0 aliphatic carbocycles. The van der Waals surface area contributed by atoms with Crippen LogP contribution in [0.3, 0.4) is 0 Å². The molecule has 1 rings (SSSR count). The van der Waals surface area contributed by atoms with Crippen LogP contribution in [0.5, 0.6) is 0 Å². The molecule has 0 bridgehead atoms. The first-order valence-corrected chi connectivity index (χ1v) is 22.7. The second kappa shape index (κ2) is 35.4. The number of rotatable bonds is 38. The molecule has 0 spiro atoms. The first-order chi connectivity index (χ1) is 26.3. The van der Waals surface area contributed by atoms with Gasteiger partial charge in [0.2, 0.25) is 0 Å². The largest absolute Gasteiger partial charge is 0.472 e. The van der Waals surface area contributed by atoms with Crippen LogP contribution in [0.25, 0.3) is 0 Å². The Morgan fingerprint density at radius 3 is 1.81 bits per heavy atom. The maximum Gasteiger partial charge on any atom is 0.472 e. The van der Waals surface area contributed by atoms with Crippen LogP contribution >= 0.6 is 7.82 Å². The third-order valence-electron chi connectivity index (χ3n) is 9.09. The van der Waals surface area contributed by atoms with Crippen molar-refractivity contribution in [3.05, 3.63) is 48.6 Å². The lowest BCUT2D eigenvalue weighted by atomic mass is 10.1. The highest BCUT2D eigenvalue weighted by atomic mass is 31.2. The molecule has 0 saturated carbocycles. The van der Waals surface area contributed by atoms with Crippen molar-refractivity contribution in [3.63, 3.8) is 0 Å². The van der Waals surface area contributed by atoms with Crippen molar-refractivity contribution in [1.29, 1.82) is 0 Å². The van der Waals surface area contributed by atoms with Gasteiger partial charge in [0.25, 0.3) is 0 Å². The van der Waals surface area contributed by atoms with Crippen LogP contribution in [0.4, 0.5) is 0 Å². The van der Waals surface area contributed by atoms with E-state index in [-0.39, 0.29) is 32.6 Å². The number of epoxide rings is 1. The summed E-state index contributed by atoms with van der Waals surface area (Å²) in [7, 11) is -4.40. The first-order valence-electron chi connectivity index (χ1n) is 21.2. The van der Waals surface area contributed by atoms with E-state index in [1.54, 1.807) is 0 Å². The quantitative estimate of drug-likeness (QED) is 0.0204. The zero-order valence-corrected chi connectivity index (χ0v) is 34.8. The van der Waals surface area contributed by atoms with Crippen molar-refractivity contribution in [2.45, 2.75) is 186 Å². The Balaban J connectivity index is 2.24. The molecule has 11 heteroatoms. The fourth-order valence-corrected chi connectivity index (χ4v) is 6.54. The minimum atomic E-state index is -4.40. The third-order valence-corrected chi connectivity index (χ3v) is 10.1. The van der Waals surface area contributed by atoms with Gasteiger partial charge < -0.3 is 24.8 Å². The van der Waals surface area contributed by atoms with E-state index in [1.807, 2.05) is 6.08 Å². The maximum atomic E-state index is 12.6. The molecule has 1 saturated heterocycles. The van der Waals surface area contributed by atoms with Gasteiger partial charge in [-0.1, -0.05) is 127 Å². The Morgan fingerprint density at radius 2 is 1.15 bits per heavy atom. The van der Waals surface area contributed by atoms with Gasteiger partial charge in [-0.05, 0) is 77.0 Å². The van der Waals surface area contributed by atoms with Gasteiger partial charge in [0.1, 0.15) is 6.61 Å². The summed E-state index contributed by atoms with van der Waals surface area (Å²) in [5.74, 6) is -0.912. The number of hydrogen-bond acceptors (Lipinski definition) is 9. The van der Waals surface area contributed by atoms with Crippen LogP contribution in [-0.2, 0) is 37.4 Å². The smallest absolute Gasteiger partial charge is 0.462 e. The minimum Gasteiger partial charge on any atom is -0.462 e. The fraction of sp³-hybridized carbons (Fsp3) is 0.767. The highest BCUT2D eigenvalue weighted by molar-refractivity contribution is 7.47. The molecule has 0 amide bonds. The van der Waals surface area contributed by atoms with Gasteiger partial charge >= 0.3 is 19.8 Å². The predicted octanol–water partition coefficient (Wildman–Crippen LogP) is 10.9. The second-order valence-corrected chi connectivity index (χ2v) is 15.7. The predicted molar refractivity (Wildman–Crippen MR) is 219 cm³/mol. The Morgan fingerprint density at radius 1 is 0.648 bits per heavy atom. The molecule has 1 aliphatic heterocycles. The summed E-state index contributed by atoms with van der Waals surface area (Å²) in [5.41, 5.74) is 5.34. The second-order valence-electron chi connectivity index (χ2n) is 14.2. The Kier molecular flexibility index (Phi) is 32.7. The number of unbranched alkanes of at least 4 members (excludes halogenated alkanes) is 15. The molecule has 312 valence electrons. The maximum absolute atomic E-state index is 12.6. The molecule has 0 aromatic rings. The number of nitrogens with two attached hydrogens (primary N) is 1. The number of esters is 2. The minimum absolute atomic E-state index is 0.0399. The summed E-state index contributed by atoms with van der Waals surface area (Å²) < 4.78 is 38.4. The van der Waals surface area contributed by atoms with Crippen LogP contribution in [0, 0.1) is 0 Å². The van der Waals surface area contributed by atoms with Gasteiger partial charge in [-0.2, -0.15) is 0 Å². The molecule has 1 heterocycles. The van der Waals surface area contributed by atoms with Crippen molar-refractivity contribution in [2.75, 3.05) is 26.4 Å². The molecule has 3 N–H and O–H groups in total. The molecular formula is C43H76NO9P. The van der Waals surface area contributed by atoms with Crippen LogP contribution in [0.2, 0.25) is 0 Å². The SMILES string of the molecule is CCCCCC=CCC1OC1CC=CCC=CCCCC(=O)OC(COC(=O)CCCCCCCC=CCCCCCCCC)COP(=O)(O)OCCN. The summed E-state index contributed by atoms with van der Waals surface area (Å²) in [5, 5.41) is 0. The summed E-state index contributed by atoms with van der Waals surface area (Å²) in [6, 6.07) is 0. The monoisotopic (exact) mass is 782 g/mol. The van der Waals surface area contributed by atoms with Crippen molar-refractivity contribution in [3.8, 4) is 0 Å². The van der Waals surface area contributed by atoms with Crippen LogP contribution < -0.4 is 5.73 Å². The molecule has 1 fully saturated rings. The van der Waals surface area contributed by atoms with Gasteiger partial charge in [-0.3, -0.25) is 18.6 Å². The van der Waals surface area contributed by atoms with Crippen molar-refractivity contribution in [1.82, 2.24) is 0 Å². The zero-order chi connectivity index (χ0) is 39.4. The van der Waals surface area contributed by atoms with Gasteiger partial charge in [-0.15, -0.1) is 0 Å². The Hall–Kier alpha value is -2.07. The molecule has 10 nitrogen and oxygen atoms in total. The number of ether oxygens (including phenoxy) is 3. The van der Waals surface area contributed by atoms with Crippen molar-refractivity contribution in [2.24, 2.45) is 5.73 Å². The van der Waals surface area contributed by atoms with E-state index in [4.69, 9.17) is 29.0 Å². The van der Waals surface area contributed by atoms with E-state index in [0.717, 1.165) is 57.8 Å². The summed E-state index contributed by atoms with van der Waals surface area (Å²) in [6.45, 7) is 3.60. The average molecular weight is 782 g/mol. The van der Waals surface area contributed by atoms with Crippen LogP contribution in [-0.4, -0.2) is 61.5 Å². The van der Waals surface area contributed by atoms with Crippen LogP contribution in [0.1, 0.15) is 168 Å². The summed E-state index contributed by atoms with van der Waals surface area (Å²) in [6.07, 6.45) is 41.7. The standard InChI is InChI=1S/C43H76NO9P/c1-3-5-7-9-11-12-13-14-15-16-17-18-21-25-29-33-42(45)49-37-39(38-51-54(47,48)50-36-35-44)52-43(46)34-30-26-22-19-20-24-28-32-41-40(53-41)31-27-23-10-8-6-4-2/h14-15,19,22-24,27-28,39-41H,3-13,16-18,20-21,25-26,29-38,44H2,1-2H3,(H,47,48). The van der Waals surface area contributed by atoms with Gasteiger partial charge in [0.05, 0.1) is 25.4 Å². The number of carbonyl (C=O) groups excluding carboxylic acids is 2. The fourth-order valence-electron chi connectivity index (χ4n) is 5.78. The van der Waals surface area contributed by atoms with E-state index in [9.17, 15) is 19.0 Å².